The number of aliphatic hydroxyl groups is 1. The van der Waals surface area contributed by atoms with Gasteiger partial charge in [-0.05, 0) is 24.3 Å². The summed E-state index contributed by atoms with van der Waals surface area (Å²) in [5.74, 6) is 0. The molecule has 0 saturated carbocycles. The third kappa shape index (κ3) is 2.69. The number of aromatic nitrogens is 1. The summed E-state index contributed by atoms with van der Waals surface area (Å²) in [5, 5.41) is 12.4. The Bertz CT molecular complexity index is 574. The third-order valence-electron chi connectivity index (χ3n) is 2.28. The van der Waals surface area contributed by atoms with Gasteiger partial charge in [-0.2, -0.15) is 0 Å². The Morgan fingerprint density at radius 3 is 3.06 bits per heavy atom. The van der Waals surface area contributed by atoms with E-state index in [1.807, 2.05) is 6.07 Å². The van der Waals surface area contributed by atoms with Gasteiger partial charge in [0.15, 0.2) is 0 Å². The summed E-state index contributed by atoms with van der Waals surface area (Å²) in [6.07, 6.45) is 0.974. The highest BCUT2D eigenvalue weighted by atomic mass is 35.5. The molecule has 0 bridgehead atoms. The lowest BCUT2D eigenvalue weighted by Gasteiger charge is -2.09. The van der Waals surface area contributed by atoms with Crippen molar-refractivity contribution in [2.45, 2.75) is 0 Å². The molecule has 1 aromatic carbocycles. The monoisotopic (exact) mass is 266 g/mol. The van der Waals surface area contributed by atoms with Gasteiger partial charge in [0.25, 0.3) is 0 Å². The minimum Gasteiger partial charge on any atom is -0.447 e. The topological polar surface area (TPSA) is 71.5 Å². The molecule has 2 rings (SSSR count). The molecule has 0 aliphatic carbocycles. The van der Waals surface area contributed by atoms with Gasteiger partial charge in [0.05, 0.1) is 22.8 Å². The van der Waals surface area contributed by atoms with Gasteiger partial charge >= 0.3 is 6.09 Å². The first kappa shape index (κ1) is 12.6. The van der Waals surface area contributed by atoms with Crippen molar-refractivity contribution >= 4 is 34.3 Å². The van der Waals surface area contributed by atoms with E-state index in [1.54, 1.807) is 24.4 Å². The molecular formula is C12H11ClN2O3. The Kier molecular flexibility index (Phi) is 3.96. The first-order valence-corrected chi connectivity index (χ1v) is 5.68. The summed E-state index contributed by atoms with van der Waals surface area (Å²) in [7, 11) is 0. The highest BCUT2D eigenvalue weighted by molar-refractivity contribution is 6.35. The second-order valence-corrected chi connectivity index (χ2v) is 3.89. The molecular weight excluding hydrogens is 256 g/mol. The number of hydrogen-bond donors (Lipinski definition) is 2. The van der Waals surface area contributed by atoms with E-state index in [1.165, 1.54) is 0 Å². The van der Waals surface area contributed by atoms with Crippen LogP contribution in [0.25, 0.3) is 10.9 Å². The maximum absolute atomic E-state index is 11.4. The molecule has 5 nitrogen and oxygen atoms in total. The van der Waals surface area contributed by atoms with Crippen LogP contribution in [0.3, 0.4) is 0 Å². The lowest BCUT2D eigenvalue weighted by molar-refractivity contribution is 0.131. The second kappa shape index (κ2) is 5.66. The van der Waals surface area contributed by atoms with Crippen molar-refractivity contribution in [2.75, 3.05) is 18.5 Å². The van der Waals surface area contributed by atoms with Crippen LogP contribution in [0.15, 0.2) is 30.5 Å². The predicted octanol–water partition coefficient (Wildman–Crippen LogP) is 2.43. The summed E-state index contributed by atoms with van der Waals surface area (Å²) in [4.78, 5) is 15.6. The molecule has 2 aromatic rings. The fraction of sp³-hybridized carbons (Fsp3) is 0.167. The number of hydrogen-bond acceptors (Lipinski definition) is 4. The van der Waals surface area contributed by atoms with Crippen LogP contribution >= 0.6 is 11.6 Å². The van der Waals surface area contributed by atoms with Crippen LogP contribution in [0.5, 0.6) is 0 Å². The number of amides is 1. The van der Waals surface area contributed by atoms with Crippen LogP contribution < -0.4 is 5.32 Å². The van der Waals surface area contributed by atoms with Gasteiger partial charge in [0.1, 0.15) is 6.61 Å². The fourth-order valence-corrected chi connectivity index (χ4v) is 1.74. The highest BCUT2D eigenvalue weighted by Crippen LogP contribution is 2.27. The number of pyridine rings is 1. The van der Waals surface area contributed by atoms with Crippen LogP contribution in [0, 0.1) is 0 Å². The van der Waals surface area contributed by atoms with Crippen LogP contribution in [0.1, 0.15) is 0 Å². The smallest absolute Gasteiger partial charge is 0.411 e. The third-order valence-corrected chi connectivity index (χ3v) is 2.61. The fourth-order valence-electron chi connectivity index (χ4n) is 1.52. The number of carbonyl (C=O) groups is 1. The van der Waals surface area contributed by atoms with Crippen molar-refractivity contribution in [2.24, 2.45) is 0 Å². The lowest BCUT2D eigenvalue weighted by atomic mass is 10.2. The first-order valence-electron chi connectivity index (χ1n) is 5.30. The van der Waals surface area contributed by atoms with Gasteiger partial charge < -0.3 is 9.84 Å². The van der Waals surface area contributed by atoms with Crippen LogP contribution in [0.2, 0.25) is 5.02 Å². The summed E-state index contributed by atoms with van der Waals surface area (Å²) >= 11 is 6.03. The van der Waals surface area contributed by atoms with Gasteiger partial charge in [-0.25, -0.2) is 4.79 Å². The normalized spacial score (nSPS) is 10.3. The quantitative estimate of drug-likeness (QED) is 0.895. The SMILES string of the molecule is O=C(Nc1ccc(Cl)c2cccnc12)OCCO. The molecule has 0 aliphatic rings. The number of halogens is 1. The van der Waals surface area contributed by atoms with Gasteiger partial charge in [-0.1, -0.05) is 11.6 Å². The molecule has 1 amide bonds. The minimum atomic E-state index is -0.640. The molecule has 1 heterocycles. The number of fused-ring (bicyclic) bond motifs is 1. The molecule has 0 saturated heterocycles. The summed E-state index contributed by atoms with van der Waals surface area (Å²) in [5.41, 5.74) is 1.10. The Balaban J connectivity index is 2.29. The zero-order valence-corrected chi connectivity index (χ0v) is 10.1. The first-order chi connectivity index (χ1) is 8.72. The van der Waals surface area contributed by atoms with Gasteiger partial charge in [0.2, 0.25) is 0 Å². The molecule has 0 atom stereocenters. The number of benzene rings is 1. The molecule has 18 heavy (non-hydrogen) atoms. The van der Waals surface area contributed by atoms with E-state index in [4.69, 9.17) is 21.4 Å². The average molecular weight is 267 g/mol. The maximum atomic E-state index is 11.4. The van der Waals surface area contributed by atoms with Gasteiger partial charge in [-0.15, -0.1) is 0 Å². The molecule has 0 unspecified atom stereocenters. The molecule has 1 aromatic heterocycles. The molecule has 94 valence electrons. The van der Waals surface area contributed by atoms with E-state index >= 15 is 0 Å². The van der Waals surface area contributed by atoms with E-state index in [2.05, 4.69) is 10.3 Å². The minimum absolute atomic E-state index is 0.0508. The number of nitrogens with one attached hydrogen (secondary N) is 1. The van der Waals surface area contributed by atoms with E-state index in [9.17, 15) is 4.79 Å². The van der Waals surface area contributed by atoms with Crippen molar-refractivity contribution < 1.29 is 14.6 Å². The summed E-state index contributed by atoms with van der Waals surface area (Å²) in [6.45, 7) is -0.266. The summed E-state index contributed by atoms with van der Waals surface area (Å²) < 4.78 is 4.71. The lowest BCUT2D eigenvalue weighted by Crippen LogP contribution is -2.16. The summed E-state index contributed by atoms with van der Waals surface area (Å²) in [6, 6.07) is 6.90. The van der Waals surface area contributed by atoms with E-state index in [0.717, 1.165) is 5.39 Å². The number of carbonyl (C=O) groups excluding carboxylic acids is 1. The molecule has 0 aliphatic heterocycles. The molecule has 0 radical (unpaired) electrons. The van der Waals surface area contributed by atoms with Crippen molar-refractivity contribution in [1.82, 2.24) is 4.98 Å². The number of ether oxygens (including phenoxy) is 1. The van der Waals surface area contributed by atoms with Gasteiger partial charge in [-0.3, -0.25) is 10.3 Å². The van der Waals surface area contributed by atoms with Crippen LogP contribution in [0.4, 0.5) is 10.5 Å². The number of aliphatic hydroxyl groups excluding tert-OH is 1. The number of nitrogens with zero attached hydrogens (tertiary/aromatic N) is 1. The molecule has 0 spiro atoms. The van der Waals surface area contributed by atoms with Crippen molar-refractivity contribution in [3.05, 3.63) is 35.5 Å². The number of anilines is 1. The van der Waals surface area contributed by atoms with Crippen molar-refractivity contribution in [3.63, 3.8) is 0 Å². The van der Waals surface area contributed by atoms with Crippen molar-refractivity contribution in [1.29, 1.82) is 0 Å². The maximum Gasteiger partial charge on any atom is 0.411 e. The van der Waals surface area contributed by atoms with E-state index in [0.29, 0.717) is 16.2 Å². The predicted molar refractivity (Wildman–Crippen MR) is 68.8 cm³/mol. The van der Waals surface area contributed by atoms with E-state index in [-0.39, 0.29) is 13.2 Å². The second-order valence-electron chi connectivity index (χ2n) is 3.48. The van der Waals surface area contributed by atoms with Gasteiger partial charge in [0, 0.05) is 11.6 Å². The van der Waals surface area contributed by atoms with E-state index < -0.39 is 6.09 Å². The highest BCUT2D eigenvalue weighted by Gasteiger charge is 2.09. The van der Waals surface area contributed by atoms with Crippen LogP contribution in [-0.2, 0) is 4.74 Å². The molecule has 2 N–H and O–H groups in total. The molecule has 6 heteroatoms. The Hall–Kier alpha value is -1.85. The largest absolute Gasteiger partial charge is 0.447 e. The average Bonchev–Trinajstić information content (AvgIpc) is 2.40. The Morgan fingerprint density at radius 1 is 1.44 bits per heavy atom. The number of rotatable bonds is 3. The van der Waals surface area contributed by atoms with Crippen molar-refractivity contribution in [3.8, 4) is 0 Å². The molecule has 0 fully saturated rings. The Morgan fingerprint density at radius 2 is 2.28 bits per heavy atom. The van der Waals surface area contributed by atoms with Crippen LogP contribution in [-0.4, -0.2) is 29.4 Å². The Labute approximate surface area is 108 Å². The zero-order valence-electron chi connectivity index (χ0n) is 9.39. The zero-order chi connectivity index (χ0) is 13.0. The standard InChI is InChI=1S/C12H11ClN2O3/c13-9-3-4-10(15-12(17)18-7-6-16)11-8(9)2-1-5-14-11/h1-5,16H,6-7H2,(H,15,17).